The fourth-order valence-electron chi connectivity index (χ4n) is 3.12. The predicted molar refractivity (Wildman–Crippen MR) is 112 cm³/mol. The van der Waals surface area contributed by atoms with Gasteiger partial charge in [0.15, 0.2) is 0 Å². The first-order chi connectivity index (χ1) is 13.5. The number of hydrogen-bond donors (Lipinski definition) is 1. The quantitative estimate of drug-likeness (QED) is 0.493. The number of aryl methyl sites for hydroxylation is 1. The van der Waals surface area contributed by atoms with Gasteiger partial charge in [-0.05, 0) is 43.3 Å². The molecule has 7 heteroatoms. The third kappa shape index (κ3) is 3.46. The SMILES string of the molecule is Cc1nc2c(NC(=O)c3c(Cl)cccc3Cl)cccc2n1Cc1ccccn1. The number of amides is 1. The Morgan fingerprint density at radius 3 is 2.50 bits per heavy atom. The Labute approximate surface area is 171 Å². The van der Waals surface area contributed by atoms with E-state index < -0.39 is 0 Å². The van der Waals surface area contributed by atoms with Crippen molar-refractivity contribution in [3.63, 3.8) is 0 Å². The Hall–Kier alpha value is -2.89. The van der Waals surface area contributed by atoms with Crippen molar-refractivity contribution in [2.24, 2.45) is 0 Å². The van der Waals surface area contributed by atoms with Crippen LogP contribution in [-0.2, 0) is 6.54 Å². The highest BCUT2D eigenvalue weighted by Crippen LogP contribution is 2.28. The van der Waals surface area contributed by atoms with Crippen LogP contribution in [0, 0.1) is 6.92 Å². The molecule has 0 fully saturated rings. The van der Waals surface area contributed by atoms with Gasteiger partial charge in [0, 0.05) is 6.20 Å². The van der Waals surface area contributed by atoms with E-state index in [9.17, 15) is 4.79 Å². The minimum absolute atomic E-state index is 0.243. The van der Waals surface area contributed by atoms with Crippen molar-refractivity contribution in [1.82, 2.24) is 14.5 Å². The number of fused-ring (bicyclic) bond motifs is 1. The molecule has 2 heterocycles. The number of anilines is 1. The number of rotatable bonds is 4. The van der Waals surface area contributed by atoms with Crippen molar-refractivity contribution >= 4 is 45.8 Å². The summed E-state index contributed by atoms with van der Waals surface area (Å²) in [4.78, 5) is 21.8. The van der Waals surface area contributed by atoms with E-state index in [2.05, 4.69) is 19.9 Å². The van der Waals surface area contributed by atoms with Crippen molar-refractivity contribution < 1.29 is 4.79 Å². The number of nitrogens with zero attached hydrogens (tertiary/aromatic N) is 3. The van der Waals surface area contributed by atoms with Gasteiger partial charge in [-0.15, -0.1) is 0 Å². The molecule has 0 aliphatic carbocycles. The van der Waals surface area contributed by atoms with Crippen LogP contribution in [0.1, 0.15) is 21.9 Å². The van der Waals surface area contributed by atoms with Gasteiger partial charge in [0.2, 0.25) is 0 Å². The normalized spacial score (nSPS) is 11.0. The third-order valence-corrected chi connectivity index (χ3v) is 5.08. The van der Waals surface area contributed by atoms with Crippen molar-refractivity contribution in [3.8, 4) is 0 Å². The summed E-state index contributed by atoms with van der Waals surface area (Å²) in [7, 11) is 0. The number of halogens is 2. The van der Waals surface area contributed by atoms with Gasteiger partial charge in [0.05, 0.1) is 39.1 Å². The van der Waals surface area contributed by atoms with E-state index in [1.54, 1.807) is 24.4 Å². The number of para-hydroxylation sites is 1. The lowest BCUT2D eigenvalue weighted by Gasteiger charge is -2.10. The average molecular weight is 411 g/mol. The number of nitrogens with one attached hydrogen (secondary N) is 1. The zero-order valence-corrected chi connectivity index (χ0v) is 16.5. The molecule has 0 bridgehead atoms. The minimum atomic E-state index is -0.375. The topological polar surface area (TPSA) is 59.8 Å². The molecule has 0 aliphatic rings. The molecule has 2 aromatic heterocycles. The van der Waals surface area contributed by atoms with E-state index in [-0.39, 0.29) is 11.5 Å². The maximum atomic E-state index is 12.8. The Morgan fingerprint density at radius 2 is 1.79 bits per heavy atom. The molecule has 0 radical (unpaired) electrons. The van der Waals surface area contributed by atoms with Crippen molar-refractivity contribution in [1.29, 1.82) is 0 Å². The molecular weight excluding hydrogens is 395 g/mol. The number of pyridine rings is 1. The summed E-state index contributed by atoms with van der Waals surface area (Å²) in [6.45, 7) is 2.52. The fourth-order valence-corrected chi connectivity index (χ4v) is 3.69. The molecule has 140 valence electrons. The second-order valence-electron chi connectivity index (χ2n) is 6.29. The van der Waals surface area contributed by atoms with Crippen LogP contribution in [0.5, 0.6) is 0 Å². The molecule has 4 rings (SSSR count). The van der Waals surface area contributed by atoms with Crippen molar-refractivity contribution in [2.45, 2.75) is 13.5 Å². The van der Waals surface area contributed by atoms with E-state index in [1.807, 2.05) is 43.3 Å². The largest absolute Gasteiger partial charge is 0.322 e. The van der Waals surface area contributed by atoms with Crippen LogP contribution in [-0.4, -0.2) is 20.4 Å². The molecular formula is C21H16Cl2N4O. The third-order valence-electron chi connectivity index (χ3n) is 4.45. The molecule has 28 heavy (non-hydrogen) atoms. The molecule has 4 aromatic rings. The van der Waals surface area contributed by atoms with E-state index in [0.29, 0.717) is 27.8 Å². The molecule has 2 aromatic carbocycles. The number of benzene rings is 2. The number of hydrogen-bond acceptors (Lipinski definition) is 3. The van der Waals surface area contributed by atoms with Crippen LogP contribution < -0.4 is 5.32 Å². The Bertz CT molecular complexity index is 1150. The first-order valence-corrected chi connectivity index (χ1v) is 9.41. The highest BCUT2D eigenvalue weighted by Gasteiger charge is 2.18. The van der Waals surface area contributed by atoms with Crippen molar-refractivity contribution in [3.05, 3.63) is 87.9 Å². The lowest BCUT2D eigenvalue weighted by molar-refractivity contribution is 0.102. The summed E-state index contributed by atoms with van der Waals surface area (Å²) >= 11 is 12.3. The molecule has 1 N–H and O–H groups in total. The molecule has 0 spiro atoms. The van der Waals surface area contributed by atoms with Gasteiger partial charge in [-0.2, -0.15) is 0 Å². The predicted octanol–water partition coefficient (Wildman–Crippen LogP) is 5.35. The second kappa shape index (κ2) is 7.62. The lowest BCUT2D eigenvalue weighted by Crippen LogP contribution is -2.13. The number of carbonyl (C=O) groups is 1. The highest BCUT2D eigenvalue weighted by molar-refractivity contribution is 6.40. The van der Waals surface area contributed by atoms with Crippen LogP contribution in [0.25, 0.3) is 11.0 Å². The van der Waals surface area contributed by atoms with Crippen LogP contribution in [0.2, 0.25) is 10.0 Å². The second-order valence-corrected chi connectivity index (χ2v) is 7.10. The van der Waals surface area contributed by atoms with E-state index >= 15 is 0 Å². The lowest BCUT2D eigenvalue weighted by atomic mass is 10.2. The van der Waals surface area contributed by atoms with Crippen LogP contribution in [0.4, 0.5) is 5.69 Å². The summed E-state index contributed by atoms with van der Waals surface area (Å²) in [6.07, 6.45) is 1.77. The van der Waals surface area contributed by atoms with E-state index in [1.165, 1.54) is 0 Å². The zero-order valence-electron chi connectivity index (χ0n) is 15.0. The monoisotopic (exact) mass is 410 g/mol. The highest BCUT2D eigenvalue weighted by atomic mass is 35.5. The average Bonchev–Trinajstić information content (AvgIpc) is 2.99. The molecule has 0 saturated carbocycles. The van der Waals surface area contributed by atoms with Gasteiger partial charge in [0.25, 0.3) is 5.91 Å². The van der Waals surface area contributed by atoms with Crippen molar-refractivity contribution in [2.75, 3.05) is 5.32 Å². The molecule has 0 unspecified atom stereocenters. The van der Waals surface area contributed by atoms with E-state index in [0.717, 1.165) is 17.0 Å². The molecule has 5 nitrogen and oxygen atoms in total. The molecule has 1 amide bonds. The van der Waals surface area contributed by atoms with Gasteiger partial charge in [-0.25, -0.2) is 4.98 Å². The standard InChI is InChI=1S/C21H16Cl2N4O/c1-13-25-20-17(26-21(28)19-15(22)7-4-8-16(19)23)9-5-10-18(20)27(13)12-14-6-2-3-11-24-14/h2-11H,12H2,1H3,(H,26,28). The van der Waals surface area contributed by atoms with Gasteiger partial charge in [0.1, 0.15) is 11.3 Å². The number of carbonyl (C=O) groups excluding carboxylic acids is 1. The summed E-state index contributed by atoms with van der Waals surface area (Å²) in [5.74, 6) is 0.457. The van der Waals surface area contributed by atoms with Gasteiger partial charge in [-0.3, -0.25) is 9.78 Å². The first kappa shape index (κ1) is 18.5. The Morgan fingerprint density at radius 1 is 1.04 bits per heavy atom. The first-order valence-electron chi connectivity index (χ1n) is 8.65. The fraction of sp³-hybridized carbons (Fsp3) is 0.0952. The number of aromatic nitrogens is 3. The molecule has 0 aliphatic heterocycles. The Balaban J connectivity index is 1.71. The van der Waals surface area contributed by atoms with Crippen LogP contribution >= 0.6 is 23.2 Å². The zero-order chi connectivity index (χ0) is 19.7. The summed E-state index contributed by atoms with van der Waals surface area (Å²) in [5, 5.41) is 3.49. The maximum absolute atomic E-state index is 12.8. The van der Waals surface area contributed by atoms with Gasteiger partial charge >= 0.3 is 0 Å². The molecule has 0 saturated heterocycles. The summed E-state index contributed by atoms with van der Waals surface area (Å²) in [6, 6.07) is 16.4. The van der Waals surface area contributed by atoms with Gasteiger partial charge < -0.3 is 9.88 Å². The smallest absolute Gasteiger partial charge is 0.258 e. The van der Waals surface area contributed by atoms with Crippen LogP contribution in [0.15, 0.2) is 60.8 Å². The summed E-state index contributed by atoms with van der Waals surface area (Å²) < 4.78 is 2.07. The minimum Gasteiger partial charge on any atom is -0.322 e. The van der Waals surface area contributed by atoms with Crippen LogP contribution in [0.3, 0.4) is 0 Å². The Kier molecular flexibility index (Phi) is 5.03. The summed E-state index contributed by atoms with van der Waals surface area (Å²) in [5.41, 5.74) is 3.38. The van der Waals surface area contributed by atoms with E-state index in [4.69, 9.17) is 23.2 Å². The number of imidazole rings is 1. The maximum Gasteiger partial charge on any atom is 0.258 e. The molecule has 0 atom stereocenters. The van der Waals surface area contributed by atoms with Gasteiger partial charge in [-0.1, -0.05) is 41.4 Å².